The van der Waals surface area contributed by atoms with Crippen molar-refractivity contribution in [1.29, 1.82) is 5.26 Å². The summed E-state index contributed by atoms with van der Waals surface area (Å²) >= 11 is 0. The van der Waals surface area contributed by atoms with Gasteiger partial charge in [-0.25, -0.2) is 0 Å². The predicted molar refractivity (Wildman–Crippen MR) is 42.0 cm³/mol. The summed E-state index contributed by atoms with van der Waals surface area (Å²) in [7, 11) is 0. The molecule has 1 rings (SSSR count). The number of carbonyl (C=O) groups excluding carboxylic acids is 1. The SMILES string of the molecule is CC(C#N)C(=O)Nc1cn[nH]c1. The Bertz CT molecular complexity index is 298. The first kappa shape index (κ1) is 8.27. The molecule has 12 heavy (non-hydrogen) atoms. The van der Waals surface area contributed by atoms with Gasteiger partial charge in [0.25, 0.3) is 0 Å². The average Bonchev–Trinajstić information content (AvgIpc) is 2.55. The van der Waals surface area contributed by atoms with E-state index in [-0.39, 0.29) is 5.91 Å². The minimum absolute atomic E-state index is 0.320. The Hall–Kier alpha value is -1.83. The normalized spacial score (nSPS) is 11.7. The Morgan fingerprint density at radius 3 is 3.17 bits per heavy atom. The van der Waals surface area contributed by atoms with Crippen molar-refractivity contribution in [3.63, 3.8) is 0 Å². The second kappa shape index (κ2) is 3.53. The summed E-state index contributed by atoms with van der Waals surface area (Å²) in [5.41, 5.74) is 0.571. The first-order chi connectivity index (χ1) is 5.74. The van der Waals surface area contributed by atoms with Crippen LogP contribution in [0.15, 0.2) is 12.4 Å². The van der Waals surface area contributed by atoms with Crippen LogP contribution in [0.25, 0.3) is 0 Å². The number of carbonyl (C=O) groups is 1. The highest BCUT2D eigenvalue weighted by atomic mass is 16.1. The molecule has 5 nitrogen and oxygen atoms in total. The van der Waals surface area contributed by atoms with Crippen LogP contribution in [-0.4, -0.2) is 16.1 Å². The molecule has 0 saturated heterocycles. The fraction of sp³-hybridized carbons (Fsp3) is 0.286. The summed E-state index contributed by atoms with van der Waals surface area (Å²) in [6.45, 7) is 1.54. The zero-order valence-electron chi connectivity index (χ0n) is 6.53. The lowest BCUT2D eigenvalue weighted by Crippen LogP contribution is -2.18. The fourth-order valence-electron chi connectivity index (χ4n) is 0.628. The van der Waals surface area contributed by atoms with E-state index >= 15 is 0 Å². The van der Waals surface area contributed by atoms with Gasteiger partial charge in [-0.05, 0) is 6.92 Å². The van der Waals surface area contributed by atoms with Crippen molar-refractivity contribution in [1.82, 2.24) is 10.2 Å². The smallest absolute Gasteiger partial charge is 0.241 e. The second-order valence-corrected chi connectivity index (χ2v) is 2.33. The van der Waals surface area contributed by atoms with Gasteiger partial charge in [-0.2, -0.15) is 10.4 Å². The van der Waals surface area contributed by atoms with Crippen molar-refractivity contribution in [2.75, 3.05) is 5.32 Å². The highest BCUT2D eigenvalue weighted by molar-refractivity contribution is 5.93. The molecule has 0 fully saturated rings. The quantitative estimate of drug-likeness (QED) is 0.668. The Labute approximate surface area is 69.4 Å². The Morgan fingerprint density at radius 1 is 1.92 bits per heavy atom. The maximum Gasteiger partial charge on any atom is 0.241 e. The minimum atomic E-state index is -0.639. The van der Waals surface area contributed by atoms with E-state index in [4.69, 9.17) is 5.26 Å². The van der Waals surface area contributed by atoms with Gasteiger partial charge in [-0.15, -0.1) is 0 Å². The Kier molecular flexibility index (Phi) is 2.43. The van der Waals surface area contributed by atoms with Crippen LogP contribution in [0.1, 0.15) is 6.92 Å². The van der Waals surface area contributed by atoms with Crippen LogP contribution in [0.2, 0.25) is 0 Å². The number of anilines is 1. The highest BCUT2D eigenvalue weighted by Gasteiger charge is 2.11. The molecule has 1 aromatic heterocycles. The third-order valence-corrected chi connectivity index (χ3v) is 1.35. The van der Waals surface area contributed by atoms with E-state index in [0.29, 0.717) is 5.69 Å². The first-order valence-electron chi connectivity index (χ1n) is 3.43. The molecule has 0 radical (unpaired) electrons. The number of hydrogen-bond donors (Lipinski definition) is 2. The molecule has 0 aliphatic rings. The summed E-state index contributed by atoms with van der Waals surface area (Å²) < 4.78 is 0. The zero-order chi connectivity index (χ0) is 8.97. The van der Waals surface area contributed by atoms with Gasteiger partial charge < -0.3 is 5.32 Å². The van der Waals surface area contributed by atoms with Gasteiger partial charge in [0.05, 0.1) is 18.0 Å². The van der Waals surface area contributed by atoms with Crippen molar-refractivity contribution < 1.29 is 4.79 Å². The summed E-state index contributed by atoms with van der Waals surface area (Å²) in [6, 6.07) is 1.83. The molecule has 1 aromatic rings. The summed E-state index contributed by atoms with van der Waals surface area (Å²) in [6.07, 6.45) is 3.02. The molecule has 0 bridgehead atoms. The van der Waals surface area contributed by atoms with E-state index in [9.17, 15) is 4.79 Å². The number of nitrogens with one attached hydrogen (secondary N) is 2. The van der Waals surface area contributed by atoms with Crippen LogP contribution in [0.4, 0.5) is 5.69 Å². The molecule has 1 atom stereocenters. The lowest BCUT2D eigenvalue weighted by Gasteiger charge is -2.01. The topological polar surface area (TPSA) is 81.6 Å². The number of hydrogen-bond acceptors (Lipinski definition) is 3. The van der Waals surface area contributed by atoms with Gasteiger partial charge in [0.1, 0.15) is 5.92 Å². The van der Waals surface area contributed by atoms with Crippen LogP contribution in [0.3, 0.4) is 0 Å². The molecule has 62 valence electrons. The number of nitriles is 1. The van der Waals surface area contributed by atoms with E-state index in [1.54, 1.807) is 6.20 Å². The van der Waals surface area contributed by atoms with Crippen LogP contribution in [0, 0.1) is 17.2 Å². The van der Waals surface area contributed by atoms with Gasteiger partial charge in [0, 0.05) is 6.20 Å². The molecule has 0 aliphatic carbocycles. The van der Waals surface area contributed by atoms with Crippen LogP contribution < -0.4 is 5.32 Å². The number of aromatic amines is 1. The molecule has 0 spiro atoms. The predicted octanol–water partition coefficient (Wildman–Crippen LogP) is 0.508. The number of nitrogens with zero attached hydrogens (tertiary/aromatic N) is 2. The van der Waals surface area contributed by atoms with E-state index in [0.717, 1.165) is 0 Å². The van der Waals surface area contributed by atoms with Crippen LogP contribution in [-0.2, 0) is 4.79 Å². The van der Waals surface area contributed by atoms with E-state index in [1.807, 2.05) is 6.07 Å². The molecule has 1 heterocycles. The number of rotatable bonds is 2. The van der Waals surface area contributed by atoms with E-state index in [1.165, 1.54) is 13.1 Å². The molecule has 5 heteroatoms. The molecule has 1 amide bonds. The van der Waals surface area contributed by atoms with Crippen molar-refractivity contribution >= 4 is 11.6 Å². The lowest BCUT2D eigenvalue weighted by molar-refractivity contribution is -0.117. The van der Waals surface area contributed by atoms with Gasteiger partial charge in [-0.3, -0.25) is 9.89 Å². The summed E-state index contributed by atoms with van der Waals surface area (Å²) in [5.74, 6) is -0.959. The van der Waals surface area contributed by atoms with Gasteiger partial charge in [0.2, 0.25) is 5.91 Å². The van der Waals surface area contributed by atoms with Gasteiger partial charge >= 0.3 is 0 Å². The zero-order valence-corrected chi connectivity index (χ0v) is 6.53. The van der Waals surface area contributed by atoms with Gasteiger partial charge in [-0.1, -0.05) is 0 Å². The minimum Gasteiger partial charge on any atom is -0.322 e. The Balaban J connectivity index is 2.54. The highest BCUT2D eigenvalue weighted by Crippen LogP contribution is 2.03. The largest absolute Gasteiger partial charge is 0.322 e. The fourth-order valence-corrected chi connectivity index (χ4v) is 0.628. The van der Waals surface area contributed by atoms with Crippen molar-refractivity contribution in [3.05, 3.63) is 12.4 Å². The molecular formula is C7H8N4O. The third-order valence-electron chi connectivity index (χ3n) is 1.35. The maximum atomic E-state index is 11.1. The summed E-state index contributed by atoms with van der Waals surface area (Å²) in [5, 5.41) is 17.1. The maximum absolute atomic E-state index is 11.1. The number of H-pyrrole nitrogens is 1. The number of aromatic nitrogens is 2. The van der Waals surface area contributed by atoms with Crippen molar-refractivity contribution in [3.8, 4) is 6.07 Å². The number of amides is 1. The molecule has 1 unspecified atom stereocenters. The monoisotopic (exact) mass is 164 g/mol. The molecule has 0 aromatic carbocycles. The molecule has 0 aliphatic heterocycles. The molecule has 2 N–H and O–H groups in total. The second-order valence-electron chi connectivity index (χ2n) is 2.33. The molecule has 0 saturated carbocycles. The Morgan fingerprint density at radius 2 is 2.67 bits per heavy atom. The third kappa shape index (κ3) is 1.83. The van der Waals surface area contributed by atoms with Crippen molar-refractivity contribution in [2.24, 2.45) is 5.92 Å². The van der Waals surface area contributed by atoms with Crippen LogP contribution in [0.5, 0.6) is 0 Å². The van der Waals surface area contributed by atoms with Crippen LogP contribution >= 0.6 is 0 Å². The lowest BCUT2D eigenvalue weighted by atomic mass is 10.2. The van der Waals surface area contributed by atoms with E-state index in [2.05, 4.69) is 15.5 Å². The van der Waals surface area contributed by atoms with E-state index < -0.39 is 5.92 Å². The average molecular weight is 164 g/mol. The van der Waals surface area contributed by atoms with Crippen molar-refractivity contribution in [2.45, 2.75) is 6.92 Å². The standard InChI is InChI=1S/C7H8N4O/c1-5(2-8)7(12)11-6-3-9-10-4-6/h3-5H,1H3,(H,9,10)(H,11,12). The molecular weight excluding hydrogens is 156 g/mol. The van der Waals surface area contributed by atoms with Gasteiger partial charge in [0.15, 0.2) is 0 Å². The first-order valence-corrected chi connectivity index (χ1v) is 3.43. The summed E-state index contributed by atoms with van der Waals surface area (Å²) in [4.78, 5) is 11.1.